The number of guanidine groups is 2. The predicted molar refractivity (Wildman–Crippen MR) is 103 cm³/mol. The van der Waals surface area contributed by atoms with Gasteiger partial charge in [-0.05, 0) is 30.5 Å². The van der Waals surface area contributed by atoms with Crippen molar-refractivity contribution in [2.45, 2.75) is 26.1 Å². The number of hydrogen-bond donors (Lipinski definition) is 2. The fraction of sp³-hybridized carbons (Fsp3) is 0.222. The average molecular weight is 360 g/mol. The van der Waals surface area contributed by atoms with Crippen LogP contribution in [-0.2, 0) is 11.4 Å². The summed E-state index contributed by atoms with van der Waals surface area (Å²) in [6.45, 7) is 4.08. The van der Waals surface area contributed by atoms with Crippen LogP contribution < -0.4 is 11.5 Å². The second kappa shape index (κ2) is 7.55. The van der Waals surface area contributed by atoms with E-state index in [4.69, 9.17) is 16.3 Å². The van der Waals surface area contributed by atoms with Gasteiger partial charge >= 0.3 is 0 Å². The molecule has 0 fully saturated rings. The molecule has 0 unspecified atom stereocenters. The largest absolute Gasteiger partial charge is 0.368 e. The average Bonchev–Trinajstić information content (AvgIpc) is 2.54. The summed E-state index contributed by atoms with van der Waals surface area (Å²) in [5.41, 5.74) is 14.2. The van der Waals surface area contributed by atoms with E-state index in [-0.39, 0.29) is 24.3 Å². The smallest absolute Gasteiger partial charge is 0.226 e. The molecule has 4 N–H and O–H groups in total. The second-order valence-corrected chi connectivity index (χ2v) is 6.03. The molecule has 2 aromatic rings. The molecular weight excluding hydrogens is 338 g/mol. The highest BCUT2D eigenvalue weighted by Gasteiger charge is 2.33. The van der Waals surface area contributed by atoms with Gasteiger partial charge in [0.15, 0.2) is 5.66 Å². The first kappa shape index (κ1) is 18.8. The maximum atomic E-state index is 5.95. The molecule has 1 aliphatic heterocycles. The monoisotopic (exact) mass is 359 g/mol. The van der Waals surface area contributed by atoms with Crippen LogP contribution in [0.25, 0.3) is 11.1 Å². The summed E-state index contributed by atoms with van der Waals surface area (Å²) in [6, 6.07) is 18.3. The molecule has 1 heterocycles. The van der Waals surface area contributed by atoms with Gasteiger partial charge in [-0.1, -0.05) is 54.6 Å². The van der Waals surface area contributed by atoms with Crippen molar-refractivity contribution in [2.24, 2.45) is 21.5 Å². The summed E-state index contributed by atoms with van der Waals surface area (Å²) >= 11 is 0. The van der Waals surface area contributed by atoms with Crippen molar-refractivity contribution in [1.82, 2.24) is 5.06 Å². The first-order chi connectivity index (χ1) is 11.5. The lowest BCUT2D eigenvalue weighted by Crippen LogP contribution is -2.53. The molecule has 0 saturated carbocycles. The molecule has 1 aliphatic rings. The standard InChI is InChI=1S/C18H21N5O.ClH/c1-18(2)22-16(19)21-17(20)23(18)24-12-14-10-6-7-11-15(14)13-8-4-3-5-9-13;/h3-11H,12H2,1-2H3,(H4,19,20,21,22);1H. The lowest BCUT2D eigenvalue weighted by Gasteiger charge is -2.36. The van der Waals surface area contributed by atoms with E-state index in [0.717, 1.165) is 16.7 Å². The third-order valence-corrected chi connectivity index (χ3v) is 3.77. The maximum Gasteiger partial charge on any atom is 0.226 e. The Morgan fingerprint density at radius 1 is 1.00 bits per heavy atom. The van der Waals surface area contributed by atoms with Gasteiger partial charge in [0.1, 0.15) is 6.61 Å². The summed E-state index contributed by atoms with van der Waals surface area (Å²) in [7, 11) is 0. The van der Waals surface area contributed by atoms with E-state index in [9.17, 15) is 0 Å². The van der Waals surface area contributed by atoms with Crippen molar-refractivity contribution in [3.63, 3.8) is 0 Å². The van der Waals surface area contributed by atoms with Gasteiger partial charge in [-0.2, -0.15) is 10.1 Å². The van der Waals surface area contributed by atoms with Crippen molar-refractivity contribution in [1.29, 1.82) is 0 Å². The Morgan fingerprint density at radius 2 is 1.64 bits per heavy atom. The van der Waals surface area contributed by atoms with Crippen LogP contribution >= 0.6 is 12.4 Å². The second-order valence-electron chi connectivity index (χ2n) is 6.03. The van der Waals surface area contributed by atoms with Crippen LogP contribution in [0.3, 0.4) is 0 Å². The summed E-state index contributed by atoms with van der Waals surface area (Å²) < 4.78 is 0. The van der Waals surface area contributed by atoms with E-state index in [2.05, 4.69) is 28.2 Å². The highest BCUT2D eigenvalue weighted by molar-refractivity contribution is 5.95. The maximum absolute atomic E-state index is 5.95. The number of hydrogen-bond acceptors (Lipinski definition) is 6. The normalized spacial score (nSPS) is 15.8. The fourth-order valence-electron chi connectivity index (χ4n) is 2.70. The Hall–Kier alpha value is -2.57. The number of nitrogens with zero attached hydrogens (tertiary/aromatic N) is 3. The number of nitrogens with two attached hydrogens (primary N) is 2. The lowest BCUT2D eigenvalue weighted by molar-refractivity contribution is -0.166. The Labute approximate surface area is 153 Å². The van der Waals surface area contributed by atoms with Crippen LogP contribution in [0.1, 0.15) is 19.4 Å². The third kappa shape index (κ3) is 4.10. The summed E-state index contributed by atoms with van der Waals surface area (Å²) in [6.07, 6.45) is 0. The van der Waals surface area contributed by atoms with Crippen molar-refractivity contribution in [2.75, 3.05) is 0 Å². The highest BCUT2D eigenvalue weighted by atomic mass is 35.5. The minimum absolute atomic E-state index is 0. The Bertz CT molecular complexity index is 789. The molecule has 0 amide bonds. The van der Waals surface area contributed by atoms with Crippen molar-refractivity contribution in [3.05, 3.63) is 60.2 Å². The minimum atomic E-state index is -0.711. The van der Waals surface area contributed by atoms with Crippen LogP contribution in [-0.4, -0.2) is 22.6 Å². The SMILES string of the molecule is CC1(C)N=C(N)N=C(N)N1OCc1ccccc1-c1ccccc1.Cl. The van der Waals surface area contributed by atoms with Gasteiger partial charge in [-0.15, -0.1) is 12.4 Å². The molecule has 0 radical (unpaired) electrons. The van der Waals surface area contributed by atoms with Crippen LogP contribution in [0.2, 0.25) is 0 Å². The number of rotatable bonds is 4. The molecule has 25 heavy (non-hydrogen) atoms. The molecule has 2 aromatic carbocycles. The van der Waals surface area contributed by atoms with Crippen LogP contribution in [0.5, 0.6) is 0 Å². The molecule has 7 heteroatoms. The van der Waals surface area contributed by atoms with E-state index >= 15 is 0 Å². The van der Waals surface area contributed by atoms with Crippen LogP contribution in [0.4, 0.5) is 0 Å². The number of hydroxylamine groups is 2. The van der Waals surface area contributed by atoms with Crippen LogP contribution in [0.15, 0.2) is 64.6 Å². The van der Waals surface area contributed by atoms with Gasteiger partial charge in [-0.3, -0.25) is 4.84 Å². The summed E-state index contributed by atoms with van der Waals surface area (Å²) in [4.78, 5) is 14.2. The quantitative estimate of drug-likeness (QED) is 0.878. The molecule has 0 bridgehead atoms. The van der Waals surface area contributed by atoms with Gasteiger partial charge in [0.05, 0.1) is 0 Å². The van der Waals surface area contributed by atoms with Gasteiger partial charge in [0.2, 0.25) is 11.9 Å². The highest BCUT2D eigenvalue weighted by Crippen LogP contribution is 2.26. The van der Waals surface area contributed by atoms with Gasteiger partial charge in [0, 0.05) is 0 Å². The van der Waals surface area contributed by atoms with E-state index in [1.54, 1.807) is 0 Å². The minimum Gasteiger partial charge on any atom is -0.368 e. The molecule has 6 nitrogen and oxygen atoms in total. The molecule has 0 aliphatic carbocycles. The van der Waals surface area contributed by atoms with Gasteiger partial charge in [-0.25, -0.2) is 4.99 Å². The van der Waals surface area contributed by atoms with E-state index in [1.807, 2.05) is 50.2 Å². The molecular formula is C18H22ClN5O. The van der Waals surface area contributed by atoms with Crippen molar-refractivity contribution < 1.29 is 4.84 Å². The van der Waals surface area contributed by atoms with Crippen LogP contribution in [0, 0.1) is 0 Å². The number of aliphatic imine (C=N–C) groups is 2. The topological polar surface area (TPSA) is 89.2 Å². The zero-order valence-corrected chi connectivity index (χ0v) is 15.0. The Balaban J connectivity index is 0.00000225. The fourth-order valence-corrected chi connectivity index (χ4v) is 2.70. The van der Waals surface area contributed by atoms with Crippen molar-refractivity contribution in [3.8, 4) is 11.1 Å². The molecule has 0 atom stereocenters. The molecule has 0 spiro atoms. The zero-order valence-electron chi connectivity index (χ0n) is 14.2. The first-order valence-electron chi connectivity index (χ1n) is 7.73. The lowest BCUT2D eigenvalue weighted by atomic mass is 10.0. The number of halogens is 1. The zero-order chi connectivity index (χ0) is 17.2. The van der Waals surface area contributed by atoms with Gasteiger partial charge in [0.25, 0.3) is 0 Å². The van der Waals surface area contributed by atoms with E-state index < -0.39 is 5.66 Å². The molecule has 3 rings (SSSR count). The Morgan fingerprint density at radius 3 is 2.32 bits per heavy atom. The third-order valence-electron chi connectivity index (χ3n) is 3.77. The number of benzene rings is 2. The van der Waals surface area contributed by atoms with E-state index in [1.165, 1.54) is 5.06 Å². The molecule has 0 aromatic heterocycles. The molecule has 0 saturated heterocycles. The first-order valence-corrected chi connectivity index (χ1v) is 7.73. The predicted octanol–water partition coefficient (Wildman–Crippen LogP) is 2.89. The van der Waals surface area contributed by atoms with Crippen molar-refractivity contribution >= 4 is 24.3 Å². The summed E-state index contributed by atoms with van der Waals surface area (Å²) in [5.74, 6) is 0.353. The van der Waals surface area contributed by atoms with E-state index in [0.29, 0.717) is 6.61 Å². The molecule has 132 valence electrons. The Kier molecular flexibility index (Phi) is 5.66. The van der Waals surface area contributed by atoms with Gasteiger partial charge < -0.3 is 11.5 Å². The summed E-state index contributed by atoms with van der Waals surface area (Å²) in [5, 5.41) is 1.49.